The first kappa shape index (κ1) is 12.9. The van der Waals surface area contributed by atoms with E-state index in [2.05, 4.69) is 15.7 Å². The van der Waals surface area contributed by atoms with E-state index in [0.717, 1.165) is 36.8 Å². The molecule has 86 valence electrons. The van der Waals surface area contributed by atoms with Gasteiger partial charge in [-0.25, -0.2) is 4.98 Å². The Morgan fingerprint density at radius 2 is 2.40 bits per heavy atom. The zero-order chi connectivity index (χ0) is 10.9. The summed E-state index contributed by atoms with van der Waals surface area (Å²) in [4.78, 5) is 4.37. The lowest BCUT2D eigenvalue weighted by molar-refractivity contribution is 0.146. The van der Waals surface area contributed by atoms with Crippen molar-refractivity contribution in [3.8, 4) is 0 Å². The van der Waals surface area contributed by atoms with Crippen LogP contribution in [0.3, 0.4) is 0 Å². The van der Waals surface area contributed by atoms with Gasteiger partial charge in [0.15, 0.2) is 0 Å². The van der Waals surface area contributed by atoms with Crippen LogP contribution in [0.4, 0.5) is 0 Å². The molecule has 0 saturated carbocycles. The van der Waals surface area contributed by atoms with Gasteiger partial charge in [-0.2, -0.15) is 0 Å². The highest BCUT2D eigenvalue weighted by atomic mass is 35.5. The fourth-order valence-electron chi connectivity index (χ4n) is 1.14. The predicted octanol–water partition coefficient (Wildman–Crippen LogP) is 2.19. The van der Waals surface area contributed by atoms with E-state index in [-0.39, 0.29) is 0 Å². The van der Waals surface area contributed by atoms with Gasteiger partial charge in [0.2, 0.25) is 0 Å². The van der Waals surface area contributed by atoms with Crippen LogP contribution in [0.15, 0.2) is 5.38 Å². The van der Waals surface area contributed by atoms with Crippen LogP contribution >= 0.6 is 22.9 Å². The first-order chi connectivity index (χ1) is 7.33. The van der Waals surface area contributed by atoms with Crippen molar-refractivity contribution < 1.29 is 4.74 Å². The van der Waals surface area contributed by atoms with Crippen molar-refractivity contribution in [2.45, 2.75) is 19.9 Å². The molecule has 0 bridgehead atoms. The standard InChI is InChI=1S/C10H17ClN2OS/c1-9-8-15-10(13-9)7-12-4-2-5-14-6-3-11/h8,12H,2-7H2,1H3. The van der Waals surface area contributed by atoms with Crippen LogP contribution in [0, 0.1) is 6.92 Å². The third kappa shape index (κ3) is 6.10. The summed E-state index contributed by atoms with van der Waals surface area (Å²) >= 11 is 7.18. The van der Waals surface area contributed by atoms with Gasteiger partial charge in [0, 0.05) is 30.1 Å². The molecule has 15 heavy (non-hydrogen) atoms. The second-order valence-electron chi connectivity index (χ2n) is 3.21. The summed E-state index contributed by atoms with van der Waals surface area (Å²) in [7, 11) is 0. The molecule has 0 saturated heterocycles. The molecule has 0 unspecified atom stereocenters. The molecule has 3 nitrogen and oxygen atoms in total. The molecular weight excluding hydrogens is 232 g/mol. The number of halogens is 1. The average molecular weight is 249 g/mol. The van der Waals surface area contributed by atoms with Crippen molar-refractivity contribution in [2.75, 3.05) is 25.6 Å². The van der Waals surface area contributed by atoms with E-state index >= 15 is 0 Å². The Labute approximate surface area is 99.8 Å². The minimum atomic E-state index is 0.575. The Morgan fingerprint density at radius 3 is 3.07 bits per heavy atom. The number of hydrogen-bond donors (Lipinski definition) is 1. The molecule has 5 heteroatoms. The number of nitrogens with one attached hydrogen (secondary N) is 1. The Balaban J connectivity index is 1.93. The third-order valence-corrected chi connectivity index (χ3v) is 2.93. The summed E-state index contributed by atoms with van der Waals surface area (Å²) < 4.78 is 5.25. The Kier molecular flexibility index (Phi) is 6.92. The number of rotatable bonds is 8. The maximum absolute atomic E-state index is 5.48. The topological polar surface area (TPSA) is 34.1 Å². The predicted molar refractivity (Wildman–Crippen MR) is 64.7 cm³/mol. The lowest BCUT2D eigenvalue weighted by Gasteiger charge is -2.03. The monoisotopic (exact) mass is 248 g/mol. The van der Waals surface area contributed by atoms with Gasteiger partial charge in [-0.1, -0.05) is 0 Å². The molecule has 0 spiro atoms. The van der Waals surface area contributed by atoms with Gasteiger partial charge in [0.05, 0.1) is 6.61 Å². The van der Waals surface area contributed by atoms with E-state index in [9.17, 15) is 0 Å². The van der Waals surface area contributed by atoms with Crippen molar-refractivity contribution >= 4 is 22.9 Å². The van der Waals surface area contributed by atoms with E-state index in [1.54, 1.807) is 11.3 Å². The van der Waals surface area contributed by atoms with Crippen LogP contribution in [0.5, 0.6) is 0 Å². The minimum Gasteiger partial charge on any atom is -0.380 e. The maximum Gasteiger partial charge on any atom is 0.107 e. The van der Waals surface area contributed by atoms with Gasteiger partial charge in [-0.3, -0.25) is 0 Å². The average Bonchev–Trinajstić information content (AvgIpc) is 2.63. The van der Waals surface area contributed by atoms with E-state index < -0.39 is 0 Å². The molecule has 1 aromatic rings. The summed E-state index contributed by atoms with van der Waals surface area (Å²) in [5, 5.41) is 6.54. The Bertz CT molecular complexity index is 268. The van der Waals surface area contributed by atoms with Crippen LogP contribution < -0.4 is 5.32 Å². The molecule has 0 atom stereocenters. The molecule has 0 aliphatic rings. The van der Waals surface area contributed by atoms with E-state index in [0.29, 0.717) is 12.5 Å². The van der Waals surface area contributed by atoms with Crippen LogP contribution in [0.2, 0.25) is 0 Å². The number of ether oxygens (including phenoxy) is 1. The van der Waals surface area contributed by atoms with Crippen molar-refractivity contribution in [1.29, 1.82) is 0 Å². The van der Waals surface area contributed by atoms with Crippen LogP contribution in [0.1, 0.15) is 17.1 Å². The summed E-state index contributed by atoms with van der Waals surface area (Å²) in [6.45, 7) is 5.25. The minimum absolute atomic E-state index is 0.575. The van der Waals surface area contributed by atoms with Crippen LogP contribution in [-0.2, 0) is 11.3 Å². The summed E-state index contributed by atoms with van der Waals surface area (Å²) in [5.41, 5.74) is 1.10. The van der Waals surface area contributed by atoms with E-state index in [4.69, 9.17) is 16.3 Å². The van der Waals surface area contributed by atoms with Crippen LogP contribution in [-0.4, -0.2) is 30.6 Å². The maximum atomic E-state index is 5.48. The molecule has 0 aliphatic carbocycles. The van der Waals surface area contributed by atoms with Crippen molar-refractivity contribution in [1.82, 2.24) is 10.3 Å². The fourth-order valence-corrected chi connectivity index (χ4v) is 1.99. The highest BCUT2D eigenvalue weighted by Gasteiger charge is 1.97. The normalized spacial score (nSPS) is 10.8. The quantitative estimate of drug-likeness (QED) is 0.566. The van der Waals surface area contributed by atoms with E-state index in [1.165, 1.54) is 0 Å². The molecule has 0 aliphatic heterocycles. The molecular formula is C10H17ClN2OS. The lowest BCUT2D eigenvalue weighted by atomic mass is 10.4. The van der Waals surface area contributed by atoms with Gasteiger partial charge < -0.3 is 10.1 Å². The summed E-state index contributed by atoms with van der Waals surface area (Å²) in [6.07, 6.45) is 1.02. The highest BCUT2D eigenvalue weighted by molar-refractivity contribution is 7.09. The largest absolute Gasteiger partial charge is 0.380 e. The number of alkyl halides is 1. The first-order valence-corrected chi connectivity index (χ1v) is 6.50. The molecule has 1 N–H and O–H groups in total. The molecule has 0 amide bonds. The molecule has 1 heterocycles. The van der Waals surface area contributed by atoms with Crippen molar-refractivity contribution in [3.05, 3.63) is 16.1 Å². The number of aryl methyl sites for hydroxylation is 1. The summed E-state index contributed by atoms with van der Waals surface area (Å²) in [5.74, 6) is 0.575. The number of thiazole rings is 1. The smallest absolute Gasteiger partial charge is 0.107 e. The third-order valence-electron chi connectivity index (χ3n) is 1.81. The molecule has 0 fully saturated rings. The van der Waals surface area contributed by atoms with Gasteiger partial charge in [0.25, 0.3) is 0 Å². The second kappa shape index (κ2) is 8.05. The lowest BCUT2D eigenvalue weighted by Crippen LogP contribution is -2.16. The molecule has 1 rings (SSSR count). The van der Waals surface area contributed by atoms with Gasteiger partial charge in [-0.15, -0.1) is 22.9 Å². The number of aromatic nitrogens is 1. The van der Waals surface area contributed by atoms with Gasteiger partial charge >= 0.3 is 0 Å². The first-order valence-electron chi connectivity index (χ1n) is 5.08. The zero-order valence-electron chi connectivity index (χ0n) is 8.96. The second-order valence-corrected chi connectivity index (χ2v) is 4.53. The van der Waals surface area contributed by atoms with Crippen molar-refractivity contribution in [2.24, 2.45) is 0 Å². The number of nitrogens with zero attached hydrogens (tertiary/aromatic N) is 1. The Morgan fingerprint density at radius 1 is 1.53 bits per heavy atom. The molecule has 0 aromatic carbocycles. The molecule has 0 radical (unpaired) electrons. The zero-order valence-corrected chi connectivity index (χ0v) is 10.5. The summed E-state index contributed by atoms with van der Waals surface area (Å²) in [6, 6.07) is 0. The highest BCUT2D eigenvalue weighted by Crippen LogP contribution is 2.07. The van der Waals surface area contributed by atoms with Crippen LogP contribution in [0.25, 0.3) is 0 Å². The fraction of sp³-hybridized carbons (Fsp3) is 0.700. The number of hydrogen-bond acceptors (Lipinski definition) is 4. The molecule has 1 aromatic heterocycles. The SMILES string of the molecule is Cc1csc(CNCCCOCCCl)n1. The van der Waals surface area contributed by atoms with Gasteiger partial charge in [-0.05, 0) is 19.9 Å². The van der Waals surface area contributed by atoms with E-state index in [1.807, 2.05) is 6.92 Å². The van der Waals surface area contributed by atoms with Crippen molar-refractivity contribution in [3.63, 3.8) is 0 Å². The van der Waals surface area contributed by atoms with Gasteiger partial charge in [0.1, 0.15) is 5.01 Å². The Hall–Kier alpha value is -0.160.